The maximum Gasteiger partial charge on any atom is 0.245 e. The van der Waals surface area contributed by atoms with Crippen molar-refractivity contribution in [2.24, 2.45) is 0 Å². The number of aryl methyl sites for hydroxylation is 2. The van der Waals surface area contributed by atoms with E-state index in [0.29, 0.717) is 11.6 Å². The van der Waals surface area contributed by atoms with Crippen molar-refractivity contribution in [1.29, 1.82) is 0 Å². The van der Waals surface area contributed by atoms with E-state index >= 15 is 0 Å². The first-order chi connectivity index (χ1) is 9.63. The predicted octanol–water partition coefficient (Wildman–Crippen LogP) is 2.88. The lowest BCUT2D eigenvalue weighted by Crippen LogP contribution is -2.19. The van der Waals surface area contributed by atoms with E-state index < -0.39 is 0 Å². The minimum Gasteiger partial charge on any atom is -0.360 e. The largest absolute Gasteiger partial charge is 0.360 e. The van der Waals surface area contributed by atoms with Gasteiger partial charge in [0.15, 0.2) is 5.82 Å². The van der Waals surface area contributed by atoms with Gasteiger partial charge >= 0.3 is 0 Å². The van der Waals surface area contributed by atoms with E-state index in [1.165, 1.54) is 0 Å². The van der Waals surface area contributed by atoms with Gasteiger partial charge in [0.25, 0.3) is 0 Å². The number of rotatable bonds is 3. The van der Waals surface area contributed by atoms with Crippen molar-refractivity contribution in [3.8, 4) is 0 Å². The third-order valence-electron chi connectivity index (χ3n) is 3.21. The molecule has 0 aliphatic rings. The molecule has 0 aliphatic heterocycles. The lowest BCUT2D eigenvalue weighted by Gasteiger charge is -2.07. The first-order valence-corrected chi connectivity index (χ1v) is 6.41. The zero-order valence-electron chi connectivity index (χ0n) is 11.4. The van der Waals surface area contributed by atoms with Crippen molar-refractivity contribution in [1.82, 2.24) is 9.72 Å². The summed E-state index contributed by atoms with van der Waals surface area (Å²) in [7, 11) is 0. The first kappa shape index (κ1) is 12.5. The number of nitrogens with one attached hydrogen (secondary N) is 1. The number of para-hydroxylation sites is 1. The number of amides is 1. The molecule has 3 rings (SSSR count). The Labute approximate surface area is 116 Å². The summed E-state index contributed by atoms with van der Waals surface area (Å²) in [6.45, 7) is 4.03. The molecule has 0 saturated carbocycles. The molecule has 0 saturated heterocycles. The Morgan fingerprint density at radius 2 is 2.10 bits per heavy atom. The van der Waals surface area contributed by atoms with Crippen molar-refractivity contribution in [2.75, 3.05) is 5.32 Å². The van der Waals surface area contributed by atoms with Gasteiger partial charge in [0.1, 0.15) is 12.3 Å². The summed E-state index contributed by atoms with van der Waals surface area (Å²) >= 11 is 0. The zero-order valence-corrected chi connectivity index (χ0v) is 11.4. The maximum atomic E-state index is 12.1. The molecule has 0 bridgehead atoms. The molecule has 0 atom stereocenters. The van der Waals surface area contributed by atoms with E-state index in [1.807, 2.05) is 35.8 Å². The fourth-order valence-corrected chi connectivity index (χ4v) is 2.31. The lowest BCUT2D eigenvalue weighted by atomic mass is 10.2. The second-order valence-corrected chi connectivity index (χ2v) is 4.80. The van der Waals surface area contributed by atoms with Crippen LogP contribution in [-0.4, -0.2) is 15.6 Å². The average Bonchev–Trinajstić information content (AvgIpc) is 2.94. The van der Waals surface area contributed by atoms with Gasteiger partial charge in [-0.05, 0) is 31.4 Å². The lowest BCUT2D eigenvalue weighted by molar-refractivity contribution is -0.116. The molecule has 1 aromatic carbocycles. The van der Waals surface area contributed by atoms with Crippen LogP contribution < -0.4 is 5.32 Å². The normalized spacial score (nSPS) is 10.9. The number of carbonyl (C=O) groups is 1. The first-order valence-electron chi connectivity index (χ1n) is 6.41. The number of carbonyl (C=O) groups excluding carboxylic acids is 1. The third-order valence-corrected chi connectivity index (χ3v) is 3.21. The monoisotopic (exact) mass is 269 g/mol. The summed E-state index contributed by atoms with van der Waals surface area (Å²) in [5.41, 5.74) is 2.11. The summed E-state index contributed by atoms with van der Waals surface area (Å²) in [6, 6.07) is 11.8. The summed E-state index contributed by atoms with van der Waals surface area (Å²) in [5, 5.41) is 7.62. The van der Waals surface area contributed by atoms with Crippen molar-refractivity contribution < 1.29 is 9.32 Å². The van der Waals surface area contributed by atoms with Crippen LogP contribution >= 0.6 is 0 Å². The average molecular weight is 269 g/mol. The van der Waals surface area contributed by atoms with Gasteiger partial charge in [-0.2, -0.15) is 0 Å². The molecular weight excluding hydrogens is 254 g/mol. The van der Waals surface area contributed by atoms with Crippen LogP contribution in [0.1, 0.15) is 11.5 Å². The van der Waals surface area contributed by atoms with Gasteiger partial charge in [0.2, 0.25) is 5.91 Å². The highest BCUT2D eigenvalue weighted by molar-refractivity contribution is 5.91. The molecular formula is C15H15N3O2. The Hall–Kier alpha value is -2.56. The van der Waals surface area contributed by atoms with Crippen LogP contribution in [0.15, 0.2) is 40.9 Å². The molecule has 1 N–H and O–H groups in total. The minimum atomic E-state index is -0.122. The fourth-order valence-electron chi connectivity index (χ4n) is 2.31. The molecule has 5 nitrogen and oxygen atoms in total. The Balaban J connectivity index is 1.82. The molecule has 0 unspecified atom stereocenters. The van der Waals surface area contributed by atoms with Crippen molar-refractivity contribution in [3.63, 3.8) is 0 Å². The van der Waals surface area contributed by atoms with Gasteiger partial charge in [-0.3, -0.25) is 4.79 Å². The van der Waals surface area contributed by atoms with Crippen molar-refractivity contribution in [3.05, 3.63) is 47.9 Å². The van der Waals surface area contributed by atoms with E-state index in [1.54, 1.807) is 13.0 Å². The number of hydrogen-bond donors (Lipinski definition) is 1. The number of benzene rings is 1. The third kappa shape index (κ3) is 2.30. The quantitative estimate of drug-likeness (QED) is 0.795. The maximum absolute atomic E-state index is 12.1. The number of hydrogen-bond acceptors (Lipinski definition) is 3. The SMILES string of the molecule is Cc1cc(NC(=O)Cn2c(C)cc3ccccc32)no1. The van der Waals surface area contributed by atoms with E-state index in [9.17, 15) is 4.79 Å². The highest BCUT2D eigenvalue weighted by atomic mass is 16.5. The molecule has 1 amide bonds. The molecule has 0 fully saturated rings. The van der Waals surface area contributed by atoms with Gasteiger partial charge in [0, 0.05) is 17.3 Å². The highest BCUT2D eigenvalue weighted by Crippen LogP contribution is 2.19. The van der Waals surface area contributed by atoms with Crippen LogP contribution in [0.25, 0.3) is 10.9 Å². The number of aromatic nitrogens is 2. The summed E-state index contributed by atoms with van der Waals surface area (Å²) in [5.74, 6) is 0.993. The molecule has 2 heterocycles. The van der Waals surface area contributed by atoms with Crippen LogP contribution in [0.3, 0.4) is 0 Å². The van der Waals surface area contributed by atoms with E-state index in [4.69, 9.17) is 4.52 Å². The molecule has 0 spiro atoms. The topological polar surface area (TPSA) is 60.1 Å². The smallest absolute Gasteiger partial charge is 0.245 e. The molecule has 5 heteroatoms. The Morgan fingerprint density at radius 3 is 2.85 bits per heavy atom. The van der Waals surface area contributed by atoms with Crippen LogP contribution in [0.2, 0.25) is 0 Å². The summed E-state index contributed by atoms with van der Waals surface area (Å²) in [6.07, 6.45) is 0. The molecule has 20 heavy (non-hydrogen) atoms. The number of fused-ring (bicyclic) bond motifs is 1. The van der Waals surface area contributed by atoms with E-state index in [2.05, 4.69) is 16.5 Å². The van der Waals surface area contributed by atoms with Gasteiger partial charge < -0.3 is 14.4 Å². The van der Waals surface area contributed by atoms with Gasteiger partial charge in [-0.25, -0.2) is 0 Å². The predicted molar refractivity (Wildman–Crippen MR) is 76.5 cm³/mol. The second kappa shape index (κ2) is 4.85. The van der Waals surface area contributed by atoms with Crippen LogP contribution in [0.4, 0.5) is 5.82 Å². The number of anilines is 1. The fraction of sp³-hybridized carbons (Fsp3) is 0.200. The number of nitrogens with zero attached hydrogens (tertiary/aromatic N) is 2. The Morgan fingerprint density at radius 1 is 1.30 bits per heavy atom. The van der Waals surface area contributed by atoms with E-state index in [0.717, 1.165) is 16.6 Å². The molecule has 0 radical (unpaired) electrons. The van der Waals surface area contributed by atoms with Crippen molar-refractivity contribution >= 4 is 22.6 Å². The Bertz CT molecular complexity index is 770. The summed E-state index contributed by atoms with van der Waals surface area (Å²) in [4.78, 5) is 12.1. The van der Waals surface area contributed by atoms with Crippen LogP contribution in [-0.2, 0) is 11.3 Å². The standard InChI is InChI=1S/C15H15N3O2/c1-10-7-12-5-3-4-6-13(12)18(10)9-15(19)16-14-8-11(2)20-17-14/h3-8H,9H2,1-2H3,(H,16,17,19). The highest BCUT2D eigenvalue weighted by Gasteiger charge is 2.11. The molecule has 102 valence electrons. The van der Waals surface area contributed by atoms with Crippen molar-refractivity contribution in [2.45, 2.75) is 20.4 Å². The Kier molecular flexibility index (Phi) is 3.02. The van der Waals surface area contributed by atoms with Crippen LogP contribution in [0, 0.1) is 13.8 Å². The molecule has 2 aromatic heterocycles. The van der Waals surface area contributed by atoms with Gasteiger partial charge in [0.05, 0.1) is 0 Å². The summed E-state index contributed by atoms with van der Waals surface area (Å²) < 4.78 is 6.91. The second-order valence-electron chi connectivity index (χ2n) is 4.80. The van der Waals surface area contributed by atoms with E-state index in [-0.39, 0.29) is 12.5 Å². The molecule has 3 aromatic rings. The van der Waals surface area contributed by atoms with Crippen LogP contribution in [0.5, 0.6) is 0 Å². The van der Waals surface area contributed by atoms with Gasteiger partial charge in [-0.15, -0.1) is 0 Å². The molecule has 0 aliphatic carbocycles. The zero-order chi connectivity index (χ0) is 14.1. The minimum absolute atomic E-state index is 0.122. The van der Waals surface area contributed by atoms with Gasteiger partial charge in [-0.1, -0.05) is 23.4 Å².